The molecule has 0 saturated heterocycles. The van der Waals surface area contributed by atoms with Crippen LogP contribution in [0, 0.1) is 0 Å². The molecule has 4 heteroatoms. The molecule has 0 spiro atoms. The molecule has 0 aliphatic rings. The van der Waals surface area contributed by atoms with Crippen LogP contribution in [-0.4, -0.2) is 22.1 Å². The molecule has 0 aliphatic carbocycles. The molecule has 0 radical (unpaired) electrons. The Morgan fingerprint density at radius 3 is 1.86 bits per heavy atom. The van der Waals surface area contributed by atoms with Crippen LogP contribution >= 0.6 is 23.5 Å². The van der Waals surface area contributed by atoms with E-state index in [0.717, 1.165) is 10.5 Å². The molecule has 0 heterocycles. The first-order chi connectivity index (χ1) is 13.6. The lowest BCUT2D eigenvalue weighted by Gasteiger charge is -2.08. The zero-order valence-corrected chi connectivity index (χ0v) is 18.7. The van der Waals surface area contributed by atoms with E-state index in [9.17, 15) is 4.79 Å². The van der Waals surface area contributed by atoms with Gasteiger partial charge in [0.15, 0.2) is 0 Å². The van der Waals surface area contributed by atoms with Gasteiger partial charge in [-0.05, 0) is 54.5 Å². The fourth-order valence-corrected chi connectivity index (χ4v) is 4.69. The van der Waals surface area contributed by atoms with Crippen molar-refractivity contribution in [3.05, 3.63) is 48.5 Å². The van der Waals surface area contributed by atoms with Gasteiger partial charge in [-0.1, -0.05) is 69.7 Å². The van der Waals surface area contributed by atoms with Gasteiger partial charge in [0.2, 0.25) is 0 Å². The lowest BCUT2D eigenvalue weighted by Crippen LogP contribution is -2.10. The van der Waals surface area contributed by atoms with Crippen molar-refractivity contribution in [3.8, 4) is 11.1 Å². The smallest absolute Gasteiger partial charge is 0.316 e. The van der Waals surface area contributed by atoms with Crippen LogP contribution in [0.4, 0.5) is 0 Å². The van der Waals surface area contributed by atoms with E-state index in [1.807, 2.05) is 23.9 Å². The number of hydrogen-bond donors (Lipinski definition) is 1. The highest BCUT2D eigenvalue weighted by molar-refractivity contribution is 8.00. The van der Waals surface area contributed by atoms with Gasteiger partial charge in [0.05, 0.1) is 0 Å². The lowest BCUT2D eigenvalue weighted by molar-refractivity contribution is -0.136. The average molecular weight is 417 g/mol. The van der Waals surface area contributed by atoms with Crippen molar-refractivity contribution < 1.29 is 9.90 Å². The highest BCUT2D eigenvalue weighted by Gasteiger charge is 2.12. The number of thioether (sulfide) groups is 2. The van der Waals surface area contributed by atoms with E-state index in [1.165, 1.54) is 72.9 Å². The SMILES string of the molecule is CCCCCCCCCSc1ccc(-c2ccc(S[C@H](C)C(=O)O)cc2)cc1. The van der Waals surface area contributed by atoms with Crippen LogP contribution in [0.1, 0.15) is 58.8 Å². The first kappa shape index (κ1) is 22.9. The number of aliphatic carboxylic acids is 1. The first-order valence-electron chi connectivity index (χ1n) is 10.3. The molecule has 0 aromatic heterocycles. The van der Waals surface area contributed by atoms with Crippen molar-refractivity contribution in [1.29, 1.82) is 0 Å². The molecule has 2 nitrogen and oxygen atoms in total. The van der Waals surface area contributed by atoms with Crippen molar-refractivity contribution in [3.63, 3.8) is 0 Å². The maximum absolute atomic E-state index is 11.0. The predicted octanol–water partition coefficient (Wildman–Crippen LogP) is 7.76. The minimum absolute atomic E-state index is 0.432. The molecular weight excluding hydrogens is 384 g/mol. The summed E-state index contributed by atoms with van der Waals surface area (Å²) in [5.74, 6) is 0.416. The van der Waals surface area contributed by atoms with Gasteiger partial charge in [-0.3, -0.25) is 4.79 Å². The van der Waals surface area contributed by atoms with Crippen LogP contribution in [-0.2, 0) is 4.79 Å². The van der Waals surface area contributed by atoms with Gasteiger partial charge in [-0.2, -0.15) is 0 Å². The van der Waals surface area contributed by atoms with Crippen molar-refractivity contribution in [2.24, 2.45) is 0 Å². The van der Waals surface area contributed by atoms with Crippen molar-refractivity contribution >= 4 is 29.5 Å². The maximum atomic E-state index is 11.0. The molecule has 152 valence electrons. The fraction of sp³-hybridized carbons (Fsp3) is 0.458. The number of carboxylic acids is 1. The van der Waals surface area contributed by atoms with Gasteiger partial charge in [0, 0.05) is 9.79 Å². The Labute approximate surface area is 178 Å². The molecule has 0 bridgehead atoms. The molecule has 28 heavy (non-hydrogen) atoms. The van der Waals surface area contributed by atoms with Gasteiger partial charge in [-0.25, -0.2) is 0 Å². The molecule has 1 N–H and O–H groups in total. The van der Waals surface area contributed by atoms with E-state index in [2.05, 4.69) is 43.3 Å². The molecule has 2 rings (SSSR count). The topological polar surface area (TPSA) is 37.3 Å². The molecule has 0 aliphatic heterocycles. The molecule has 0 unspecified atom stereocenters. The van der Waals surface area contributed by atoms with Crippen LogP contribution in [0.15, 0.2) is 58.3 Å². The zero-order chi connectivity index (χ0) is 20.2. The van der Waals surface area contributed by atoms with E-state index >= 15 is 0 Å². The summed E-state index contributed by atoms with van der Waals surface area (Å²) in [4.78, 5) is 13.3. The Morgan fingerprint density at radius 2 is 1.32 bits per heavy atom. The van der Waals surface area contributed by atoms with Crippen LogP contribution < -0.4 is 0 Å². The minimum atomic E-state index is -0.779. The molecule has 0 amide bonds. The van der Waals surface area contributed by atoms with Crippen molar-refractivity contribution in [2.75, 3.05) is 5.75 Å². The number of carbonyl (C=O) groups is 1. The number of rotatable bonds is 13. The molecule has 0 saturated carbocycles. The second-order valence-electron chi connectivity index (χ2n) is 7.12. The third-order valence-electron chi connectivity index (χ3n) is 4.72. The van der Waals surface area contributed by atoms with Gasteiger partial charge >= 0.3 is 5.97 Å². The van der Waals surface area contributed by atoms with E-state index in [4.69, 9.17) is 5.11 Å². The summed E-state index contributed by atoms with van der Waals surface area (Å²) in [6.45, 7) is 3.97. The van der Waals surface area contributed by atoms with Gasteiger partial charge < -0.3 is 5.11 Å². The minimum Gasteiger partial charge on any atom is -0.480 e. The van der Waals surface area contributed by atoms with Crippen LogP contribution in [0.5, 0.6) is 0 Å². The average Bonchev–Trinajstić information content (AvgIpc) is 2.71. The number of carboxylic acid groups (broad SMARTS) is 1. The quantitative estimate of drug-likeness (QED) is 0.267. The molecular formula is C24H32O2S2. The second-order valence-corrected chi connectivity index (χ2v) is 9.70. The summed E-state index contributed by atoms with van der Waals surface area (Å²) in [7, 11) is 0. The van der Waals surface area contributed by atoms with E-state index in [0.29, 0.717) is 0 Å². The monoisotopic (exact) mass is 416 g/mol. The summed E-state index contributed by atoms with van der Waals surface area (Å²) < 4.78 is 0. The van der Waals surface area contributed by atoms with Gasteiger partial charge in [-0.15, -0.1) is 23.5 Å². The van der Waals surface area contributed by atoms with E-state index in [1.54, 1.807) is 6.92 Å². The van der Waals surface area contributed by atoms with Crippen LogP contribution in [0.2, 0.25) is 0 Å². The Balaban J connectivity index is 1.75. The standard InChI is InChI=1S/C24H32O2S2/c1-3-4-5-6-7-8-9-18-27-22-14-10-20(11-15-22)21-12-16-23(17-13-21)28-19(2)24(25)26/h10-17,19H,3-9,18H2,1-2H3,(H,25,26)/t19-/m1/s1. The largest absolute Gasteiger partial charge is 0.480 e. The second kappa shape index (κ2) is 12.9. The highest BCUT2D eigenvalue weighted by Crippen LogP contribution is 2.28. The third kappa shape index (κ3) is 8.32. The number of unbranched alkanes of at least 4 members (excludes halogenated alkanes) is 6. The van der Waals surface area contributed by atoms with E-state index < -0.39 is 11.2 Å². The zero-order valence-electron chi connectivity index (χ0n) is 17.0. The summed E-state index contributed by atoms with van der Waals surface area (Å²) in [6.07, 6.45) is 9.50. The summed E-state index contributed by atoms with van der Waals surface area (Å²) in [5, 5.41) is 8.58. The molecule has 0 fully saturated rings. The highest BCUT2D eigenvalue weighted by atomic mass is 32.2. The summed E-state index contributed by atoms with van der Waals surface area (Å²) >= 11 is 3.32. The van der Waals surface area contributed by atoms with E-state index in [-0.39, 0.29) is 0 Å². The van der Waals surface area contributed by atoms with Crippen LogP contribution in [0.3, 0.4) is 0 Å². The normalized spacial score (nSPS) is 12.1. The Hall–Kier alpha value is -1.39. The summed E-state index contributed by atoms with van der Waals surface area (Å²) in [5.41, 5.74) is 2.36. The molecule has 2 aromatic rings. The van der Waals surface area contributed by atoms with Crippen molar-refractivity contribution in [1.82, 2.24) is 0 Å². The predicted molar refractivity (Wildman–Crippen MR) is 124 cm³/mol. The number of benzene rings is 2. The molecule has 2 aromatic carbocycles. The molecule has 1 atom stereocenters. The van der Waals surface area contributed by atoms with Gasteiger partial charge in [0.1, 0.15) is 5.25 Å². The van der Waals surface area contributed by atoms with Crippen molar-refractivity contribution in [2.45, 2.75) is 73.8 Å². The lowest BCUT2D eigenvalue weighted by atomic mass is 10.1. The Kier molecular flexibility index (Phi) is 10.6. The first-order valence-corrected chi connectivity index (χ1v) is 12.2. The third-order valence-corrected chi connectivity index (χ3v) is 6.92. The Morgan fingerprint density at radius 1 is 0.821 bits per heavy atom. The van der Waals surface area contributed by atoms with Crippen LogP contribution in [0.25, 0.3) is 11.1 Å². The van der Waals surface area contributed by atoms with Gasteiger partial charge in [0.25, 0.3) is 0 Å². The number of hydrogen-bond acceptors (Lipinski definition) is 3. The Bertz CT molecular complexity index is 696. The summed E-state index contributed by atoms with van der Waals surface area (Å²) in [6, 6.07) is 16.9. The fourth-order valence-electron chi connectivity index (χ4n) is 2.97. The maximum Gasteiger partial charge on any atom is 0.316 e.